The molecule has 4 nitrogen and oxygen atoms in total. The molecule has 1 fully saturated rings. The van der Waals surface area contributed by atoms with Crippen LogP contribution in [0.25, 0.3) is 5.70 Å². The van der Waals surface area contributed by atoms with Crippen LogP contribution in [0.2, 0.25) is 6.82 Å². The molecule has 5 heteroatoms. The van der Waals surface area contributed by atoms with Crippen LogP contribution in [0, 0.1) is 6.92 Å². The Labute approximate surface area is 151 Å². The number of hydrogen-bond acceptors (Lipinski definition) is 4. The van der Waals surface area contributed by atoms with Gasteiger partial charge in [0.2, 0.25) is 0 Å². The first-order chi connectivity index (χ1) is 12.1. The van der Waals surface area contributed by atoms with Gasteiger partial charge in [-0.2, -0.15) is 0 Å². The number of aryl methyl sites for hydroxylation is 2. The first kappa shape index (κ1) is 17.5. The van der Waals surface area contributed by atoms with Crippen LogP contribution < -0.4 is 10.4 Å². The Bertz CT molecular complexity index is 734. The van der Waals surface area contributed by atoms with Crippen LogP contribution in [0.3, 0.4) is 0 Å². The molecule has 0 aliphatic carbocycles. The molecule has 0 atom stereocenters. The molecule has 1 aliphatic heterocycles. The number of hydrogen-bond donors (Lipinski definition) is 0. The van der Waals surface area contributed by atoms with Crippen molar-refractivity contribution in [1.82, 2.24) is 14.9 Å². The maximum absolute atomic E-state index is 4.69. The first-order valence-corrected chi connectivity index (χ1v) is 9.02. The lowest BCUT2D eigenvalue weighted by Gasteiger charge is -2.38. The van der Waals surface area contributed by atoms with E-state index in [9.17, 15) is 0 Å². The molecule has 1 saturated heterocycles. The summed E-state index contributed by atoms with van der Waals surface area (Å²) in [6.45, 7) is 14.4. The zero-order valence-corrected chi connectivity index (χ0v) is 15.5. The molecular formula is C20H26BN4. The van der Waals surface area contributed by atoms with E-state index in [0.717, 1.165) is 55.3 Å². The smallest absolute Gasteiger partial charge is 0.150 e. The van der Waals surface area contributed by atoms with Gasteiger partial charge in [-0.05, 0) is 30.5 Å². The van der Waals surface area contributed by atoms with Gasteiger partial charge in [0, 0.05) is 38.6 Å². The summed E-state index contributed by atoms with van der Waals surface area (Å²) in [6, 6.07) is 6.40. The van der Waals surface area contributed by atoms with Crippen molar-refractivity contribution in [3.63, 3.8) is 0 Å². The number of anilines is 1. The van der Waals surface area contributed by atoms with E-state index in [-0.39, 0.29) is 0 Å². The lowest BCUT2D eigenvalue weighted by molar-refractivity contribution is 0.365. The van der Waals surface area contributed by atoms with E-state index < -0.39 is 0 Å². The minimum Gasteiger partial charge on any atom is -0.367 e. The molecule has 0 bridgehead atoms. The highest BCUT2D eigenvalue weighted by Gasteiger charge is 2.21. The van der Waals surface area contributed by atoms with E-state index in [2.05, 4.69) is 65.7 Å². The van der Waals surface area contributed by atoms with Gasteiger partial charge in [0.1, 0.15) is 13.1 Å². The summed E-state index contributed by atoms with van der Waals surface area (Å²) in [5, 5.41) is 0. The lowest BCUT2D eigenvalue weighted by Crippen LogP contribution is -2.46. The average molecular weight is 333 g/mol. The quantitative estimate of drug-likeness (QED) is 0.787. The van der Waals surface area contributed by atoms with Crippen LogP contribution in [-0.2, 0) is 6.42 Å². The topological polar surface area (TPSA) is 32.3 Å². The molecule has 0 N–H and O–H groups in total. The molecule has 0 spiro atoms. The molecule has 3 heterocycles. The third-order valence-electron chi connectivity index (χ3n) is 4.89. The Balaban J connectivity index is 1.64. The van der Waals surface area contributed by atoms with Gasteiger partial charge < -0.3 is 9.80 Å². The van der Waals surface area contributed by atoms with Crippen LogP contribution in [0.5, 0.6) is 0 Å². The summed E-state index contributed by atoms with van der Waals surface area (Å²) in [6.07, 6.45) is 4.94. The second kappa shape index (κ2) is 7.73. The zero-order valence-electron chi connectivity index (χ0n) is 15.5. The summed E-state index contributed by atoms with van der Waals surface area (Å²) in [4.78, 5) is 13.9. The molecule has 0 unspecified atom stereocenters. The number of nitrogens with zero attached hydrogens (tertiary/aromatic N) is 4. The summed E-state index contributed by atoms with van der Waals surface area (Å²) >= 11 is 0. The Kier molecular flexibility index (Phi) is 5.42. The second-order valence-corrected chi connectivity index (χ2v) is 6.52. The van der Waals surface area contributed by atoms with Crippen molar-refractivity contribution in [2.24, 2.45) is 0 Å². The average Bonchev–Trinajstić information content (AvgIpc) is 2.67. The van der Waals surface area contributed by atoms with Gasteiger partial charge in [0.25, 0.3) is 0 Å². The van der Waals surface area contributed by atoms with Crippen LogP contribution >= 0.6 is 0 Å². The molecule has 129 valence electrons. The van der Waals surface area contributed by atoms with Crippen molar-refractivity contribution in [2.75, 3.05) is 31.1 Å². The highest BCUT2D eigenvalue weighted by molar-refractivity contribution is 6.51. The summed E-state index contributed by atoms with van der Waals surface area (Å²) in [5.74, 6) is 1.11. The monoisotopic (exact) mass is 333 g/mol. The maximum Gasteiger partial charge on any atom is 0.150 e. The van der Waals surface area contributed by atoms with Crippen LogP contribution in [0.4, 0.5) is 5.82 Å². The summed E-state index contributed by atoms with van der Waals surface area (Å²) < 4.78 is 0. The highest BCUT2D eigenvalue weighted by Crippen LogP contribution is 2.22. The van der Waals surface area contributed by atoms with E-state index in [0.29, 0.717) is 0 Å². The highest BCUT2D eigenvalue weighted by atomic mass is 15.3. The molecule has 2 aromatic heterocycles. The van der Waals surface area contributed by atoms with Crippen molar-refractivity contribution in [2.45, 2.75) is 27.1 Å². The largest absolute Gasteiger partial charge is 0.367 e. The van der Waals surface area contributed by atoms with Crippen molar-refractivity contribution >= 4 is 24.3 Å². The molecule has 25 heavy (non-hydrogen) atoms. The number of aromatic nitrogens is 2. The van der Waals surface area contributed by atoms with Crippen LogP contribution in [0.15, 0.2) is 37.2 Å². The molecule has 1 aliphatic rings. The fourth-order valence-electron chi connectivity index (χ4n) is 3.25. The van der Waals surface area contributed by atoms with Gasteiger partial charge in [-0.3, -0.25) is 4.98 Å². The lowest BCUT2D eigenvalue weighted by atomic mass is 9.74. The Morgan fingerprint density at radius 2 is 1.92 bits per heavy atom. The third-order valence-corrected chi connectivity index (χ3v) is 4.89. The second-order valence-electron chi connectivity index (χ2n) is 6.52. The normalized spacial score (nSPS) is 14.5. The molecular weight excluding hydrogens is 307 g/mol. The van der Waals surface area contributed by atoms with Crippen LogP contribution in [-0.4, -0.2) is 48.3 Å². The predicted molar refractivity (Wildman–Crippen MR) is 107 cm³/mol. The van der Waals surface area contributed by atoms with Gasteiger partial charge in [-0.1, -0.05) is 37.9 Å². The fraction of sp³-hybridized carbons (Fsp3) is 0.400. The van der Waals surface area contributed by atoms with E-state index in [4.69, 9.17) is 0 Å². The van der Waals surface area contributed by atoms with E-state index in [1.807, 2.05) is 19.2 Å². The van der Waals surface area contributed by atoms with Crippen molar-refractivity contribution in [3.8, 4) is 0 Å². The van der Waals surface area contributed by atoms with Gasteiger partial charge in [-0.15, -0.1) is 0 Å². The van der Waals surface area contributed by atoms with Crippen molar-refractivity contribution in [1.29, 1.82) is 0 Å². The minimum absolute atomic E-state index is 0.943. The molecule has 0 aromatic carbocycles. The third kappa shape index (κ3) is 3.86. The molecule has 2 aromatic rings. The zero-order chi connectivity index (χ0) is 17.8. The van der Waals surface area contributed by atoms with Crippen molar-refractivity contribution in [3.05, 3.63) is 54.0 Å². The van der Waals surface area contributed by atoms with Gasteiger partial charge in [0.05, 0.1) is 11.4 Å². The van der Waals surface area contributed by atoms with Gasteiger partial charge in [-0.25, -0.2) is 4.98 Å². The maximum atomic E-state index is 4.69. The summed E-state index contributed by atoms with van der Waals surface area (Å²) in [5.41, 5.74) is 5.67. The Morgan fingerprint density at radius 3 is 2.48 bits per heavy atom. The first-order valence-electron chi connectivity index (χ1n) is 9.02. The molecule has 3 rings (SSSR count). The SMILES string of the molecule is C=C(c1ccc([B]C)cn1)N1CCN(c2ncc(CC)cc2C)CC1. The Hall–Kier alpha value is -2.30. The summed E-state index contributed by atoms with van der Waals surface area (Å²) in [7, 11) is 2.05. The van der Waals surface area contributed by atoms with Gasteiger partial charge in [0.15, 0.2) is 0 Å². The van der Waals surface area contributed by atoms with Crippen LogP contribution in [0.1, 0.15) is 23.7 Å². The minimum atomic E-state index is 0.943. The standard InChI is InChI=1S/C20H26BN4/c1-5-17-12-15(2)20(23-13-17)25-10-8-24(9-11-25)16(3)19-7-6-18(21-4)14-22-19/h6-7,12-14H,3,5,8-11H2,1-2,4H3. The predicted octanol–water partition coefficient (Wildman–Crippen LogP) is 2.52. The molecule has 0 amide bonds. The van der Waals surface area contributed by atoms with E-state index >= 15 is 0 Å². The van der Waals surface area contributed by atoms with Gasteiger partial charge >= 0.3 is 0 Å². The van der Waals surface area contributed by atoms with E-state index in [1.165, 1.54) is 11.1 Å². The molecule has 1 radical (unpaired) electrons. The number of piperazine rings is 1. The Morgan fingerprint density at radius 1 is 1.16 bits per heavy atom. The fourth-order valence-corrected chi connectivity index (χ4v) is 3.25. The van der Waals surface area contributed by atoms with E-state index in [1.54, 1.807) is 0 Å². The molecule has 0 saturated carbocycles. The number of pyridine rings is 2. The number of rotatable bonds is 5. The van der Waals surface area contributed by atoms with Crippen molar-refractivity contribution < 1.29 is 0 Å².